The molecule has 1 fully saturated rings. The van der Waals surface area contributed by atoms with E-state index in [4.69, 9.17) is 0 Å². The highest BCUT2D eigenvalue weighted by Crippen LogP contribution is 1.98. The zero-order valence-electron chi connectivity index (χ0n) is 10.3. The minimum atomic E-state index is 1.19. The zero-order valence-corrected chi connectivity index (χ0v) is 10.3. The molecule has 0 atom stereocenters. The third-order valence-electron chi connectivity index (χ3n) is 2.71. The van der Waals surface area contributed by atoms with Crippen LogP contribution in [0.4, 0.5) is 0 Å². The summed E-state index contributed by atoms with van der Waals surface area (Å²) in [6.07, 6.45) is 7.37. The first-order valence-corrected chi connectivity index (χ1v) is 6.33. The van der Waals surface area contributed by atoms with Gasteiger partial charge in [-0.05, 0) is 25.1 Å². The van der Waals surface area contributed by atoms with Crippen LogP contribution in [0.5, 0.6) is 0 Å². The van der Waals surface area contributed by atoms with Gasteiger partial charge in [0, 0.05) is 26.2 Å². The second-order valence-corrected chi connectivity index (χ2v) is 4.09. The molecule has 0 radical (unpaired) electrons. The highest BCUT2D eigenvalue weighted by atomic mass is 16.3. The van der Waals surface area contributed by atoms with Crippen molar-refractivity contribution in [3.63, 3.8) is 0 Å². The molecule has 1 aliphatic heterocycles. The van der Waals surface area contributed by atoms with Crippen molar-refractivity contribution in [2.75, 3.05) is 32.7 Å². The number of nitrogens with zero attached hydrogens (tertiary/aromatic N) is 1. The smallest absolute Gasteiger partial charge is 0.0902 e. The van der Waals surface area contributed by atoms with Gasteiger partial charge in [0.2, 0.25) is 0 Å². The van der Waals surface area contributed by atoms with E-state index in [1.807, 2.05) is 12.1 Å². The molecule has 1 N–H and O–H groups in total. The predicted molar refractivity (Wildman–Crippen MR) is 67.5 cm³/mol. The summed E-state index contributed by atoms with van der Waals surface area (Å²) in [5.74, 6) is 0. The number of hydrogen-bond acceptors (Lipinski definition) is 3. The van der Waals surface area contributed by atoms with Crippen LogP contribution in [0.1, 0.15) is 26.2 Å². The molecule has 0 aromatic carbocycles. The average molecular weight is 224 g/mol. The molecule has 0 bridgehead atoms. The Morgan fingerprint density at radius 1 is 1.12 bits per heavy atom. The second-order valence-electron chi connectivity index (χ2n) is 4.09. The van der Waals surface area contributed by atoms with Crippen LogP contribution in [0.3, 0.4) is 0 Å². The van der Waals surface area contributed by atoms with E-state index in [0.29, 0.717) is 0 Å². The summed E-state index contributed by atoms with van der Waals surface area (Å²) in [6, 6.07) is 3.67. The Labute approximate surface area is 98.8 Å². The molecule has 2 heterocycles. The highest BCUT2D eigenvalue weighted by molar-refractivity contribution is 4.79. The van der Waals surface area contributed by atoms with Crippen LogP contribution in [0.15, 0.2) is 29.1 Å². The molecular formula is C13H24N2O. The van der Waals surface area contributed by atoms with Crippen molar-refractivity contribution in [2.45, 2.75) is 26.2 Å². The summed E-state index contributed by atoms with van der Waals surface area (Å²) in [4.78, 5) is 2.56. The fourth-order valence-electron chi connectivity index (χ4n) is 1.75. The van der Waals surface area contributed by atoms with E-state index < -0.39 is 0 Å². The molecular weight excluding hydrogens is 200 g/mol. The lowest BCUT2D eigenvalue weighted by Gasteiger charge is -2.26. The summed E-state index contributed by atoms with van der Waals surface area (Å²) in [5, 5.41) is 3.36. The van der Waals surface area contributed by atoms with Crippen molar-refractivity contribution in [1.82, 2.24) is 10.2 Å². The first-order valence-electron chi connectivity index (χ1n) is 6.33. The summed E-state index contributed by atoms with van der Waals surface area (Å²) in [6.45, 7) is 8.46. The Kier molecular flexibility index (Phi) is 7.82. The Hall–Kier alpha value is -0.800. The Morgan fingerprint density at radius 3 is 2.31 bits per heavy atom. The van der Waals surface area contributed by atoms with Gasteiger partial charge < -0.3 is 14.6 Å². The highest BCUT2D eigenvalue weighted by Gasteiger charge is 2.07. The molecule has 1 saturated heterocycles. The summed E-state index contributed by atoms with van der Waals surface area (Å²) in [7, 11) is 0. The maximum atomic E-state index is 4.58. The van der Waals surface area contributed by atoms with Crippen molar-refractivity contribution in [3.8, 4) is 0 Å². The van der Waals surface area contributed by atoms with Gasteiger partial charge in [-0.1, -0.05) is 19.8 Å². The fraction of sp³-hybridized carbons (Fsp3) is 0.692. The largest absolute Gasteiger partial charge is 0.473 e. The van der Waals surface area contributed by atoms with Gasteiger partial charge in [-0.25, -0.2) is 0 Å². The zero-order chi connectivity index (χ0) is 11.5. The topological polar surface area (TPSA) is 28.4 Å². The van der Waals surface area contributed by atoms with Crippen molar-refractivity contribution in [3.05, 3.63) is 24.7 Å². The van der Waals surface area contributed by atoms with Crippen molar-refractivity contribution in [1.29, 1.82) is 0 Å². The van der Waals surface area contributed by atoms with Gasteiger partial charge in [-0.3, -0.25) is 0 Å². The summed E-state index contributed by atoms with van der Waals surface area (Å²) < 4.78 is 4.58. The third-order valence-corrected chi connectivity index (χ3v) is 2.71. The number of nitrogens with one attached hydrogen (secondary N) is 1. The van der Waals surface area contributed by atoms with Crippen LogP contribution in [-0.4, -0.2) is 37.6 Å². The molecule has 0 amide bonds. The minimum absolute atomic E-state index is 1.19. The van der Waals surface area contributed by atoms with Crippen molar-refractivity contribution >= 4 is 0 Å². The number of furan rings is 1. The Balaban J connectivity index is 0.000000212. The lowest BCUT2D eigenvalue weighted by Crippen LogP contribution is -2.43. The van der Waals surface area contributed by atoms with Crippen LogP contribution in [0, 0.1) is 0 Å². The summed E-state index contributed by atoms with van der Waals surface area (Å²) >= 11 is 0. The second kappa shape index (κ2) is 9.43. The molecule has 3 heteroatoms. The van der Waals surface area contributed by atoms with Crippen LogP contribution < -0.4 is 5.32 Å². The molecule has 0 unspecified atom stereocenters. The first kappa shape index (κ1) is 13.3. The molecule has 16 heavy (non-hydrogen) atoms. The molecule has 92 valence electrons. The van der Waals surface area contributed by atoms with Gasteiger partial charge in [0.25, 0.3) is 0 Å². The molecule has 3 nitrogen and oxygen atoms in total. The molecule has 1 aromatic rings. The van der Waals surface area contributed by atoms with E-state index in [1.54, 1.807) is 12.5 Å². The summed E-state index contributed by atoms with van der Waals surface area (Å²) in [5.41, 5.74) is 0. The molecule has 0 saturated carbocycles. The average Bonchev–Trinajstić information content (AvgIpc) is 2.90. The van der Waals surface area contributed by atoms with E-state index in [-0.39, 0.29) is 0 Å². The molecule has 0 aliphatic carbocycles. The SMILES string of the molecule is CCCCCN1CCNCC1.c1ccoc1. The van der Waals surface area contributed by atoms with Gasteiger partial charge in [0.15, 0.2) is 0 Å². The monoisotopic (exact) mass is 224 g/mol. The normalized spacial score (nSPS) is 16.6. The van der Waals surface area contributed by atoms with Crippen LogP contribution >= 0.6 is 0 Å². The first-order chi connectivity index (χ1) is 7.93. The predicted octanol–water partition coefficient (Wildman–Crippen LogP) is 2.36. The van der Waals surface area contributed by atoms with E-state index in [9.17, 15) is 0 Å². The lowest BCUT2D eigenvalue weighted by molar-refractivity contribution is 0.236. The fourth-order valence-corrected chi connectivity index (χ4v) is 1.75. The lowest BCUT2D eigenvalue weighted by atomic mass is 10.2. The Morgan fingerprint density at radius 2 is 1.81 bits per heavy atom. The van der Waals surface area contributed by atoms with Gasteiger partial charge in [-0.2, -0.15) is 0 Å². The van der Waals surface area contributed by atoms with Gasteiger partial charge in [-0.15, -0.1) is 0 Å². The Bertz CT molecular complexity index is 201. The molecule has 1 aromatic heterocycles. The quantitative estimate of drug-likeness (QED) is 0.796. The van der Waals surface area contributed by atoms with Crippen molar-refractivity contribution < 1.29 is 4.42 Å². The van der Waals surface area contributed by atoms with E-state index in [0.717, 1.165) is 0 Å². The van der Waals surface area contributed by atoms with E-state index >= 15 is 0 Å². The maximum Gasteiger partial charge on any atom is 0.0902 e. The van der Waals surface area contributed by atoms with Crippen LogP contribution in [0.25, 0.3) is 0 Å². The van der Waals surface area contributed by atoms with Gasteiger partial charge in [0.05, 0.1) is 12.5 Å². The number of rotatable bonds is 4. The standard InChI is InChI=1S/C9H20N2.C4H4O/c1-2-3-4-7-11-8-5-10-6-9-11;1-2-4-5-3-1/h10H,2-9H2,1H3;1-4H. The minimum Gasteiger partial charge on any atom is -0.473 e. The number of unbranched alkanes of at least 4 members (excludes halogenated alkanes) is 2. The molecule has 1 aliphatic rings. The van der Waals surface area contributed by atoms with Gasteiger partial charge in [0.1, 0.15) is 0 Å². The van der Waals surface area contributed by atoms with Crippen LogP contribution in [-0.2, 0) is 0 Å². The molecule has 2 rings (SSSR count). The van der Waals surface area contributed by atoms with E-state index in [2.05, 4.69) is 21.6 Å². The third kappa shape index (κ3) is 6.64. The van der Waals surface area contributed by atoms with Gasteiger partial charge >= 0.3 is 0 Å². The maximum absolute atomic E-state index is 4.58. The number of piperazine rings is 1. The van der Waals surface area contributed by atoms with E-state index in [1.165, 1.54) is 52.0 Å². The molecule has 0 spiro atoms. The van der Waals surface area contributed by atoms with Crippen molar-refractivity contribution in [2.24, 2.45) is 0 Å². The van der Waals surface area contributed by atoms with Crippen LogP contribution in [0.2, 0.25) is 0 Å². The number of hydrogen-bond donors (Lipinski definition) is 1.